The van der Waals surface area contributed by atoms with Gasteiger partial charge in [-0.15, -0.1) is 0 Å². The molecule has 1 amide bonds. The Labute approximate surface area is 119 Å². The largest absolute Gasteiger partial charge is 0.375 e. The molecule has 1 N–H and O–H groups in total. The third kappa shape index (κ3) is 4.52. The Kier molecular flexibility index (Phi) is 5.33. The van der Waals surface area contributed by atoms with Crippen LogP contribution in [0.3, 0.4) is 0 Å². The maximum absolute atomic E-state index is 11.9. The second kappa shape index (κ2) is 7.46. The standard InChI is InChI=1S/C17H19NO2/c1-14(12-20-13-15-8-4-2-5-9-15)18-17(19)16-10-6-3-7-11-16/h2-11,14H,12-13H2,1H3,(H,18,19). The Hall–Kier alpha value is -2.13. The topological polar surface area (TPSA) is 38.3 Å². The van der Waals surface area contributed by atoms with E-state index < -0.39 is 0 Å². The van der Waals surface area contributed by atoms with Gasteiger partial charge in [0.15, 0.2) is 0 Å². The summed E-state index contributed by atoms with van der Waals surface area (Å²) in [5.41, 5.74) is 1.80. The lowest BCUT2D eigenvalue weighted by Crippen LogP contribution is -2.35. The second-order valence-electron chi connectivity index (χ2n) is 4.74. The molecule has 2 aromatic carbocycles. The van der Waals surface area contributed by atoms with Crippen molar-refractivity contribution in [1.82, 2.24) is 5.32 Å². The molecule has 0 aliphatic carbocycles. The molecule has 0 aromatic heterocycles. The van der Waals surface area contributed by atoms with Gasteiger partial charge < -0.3 is 10.1 Å². The number of hydrogen-bond donors (Lipinski definition) is 1. The van der Waals surface area contributed by atoms with Crippen LogP contribution in [0.5, 0.6) is 0 Å². The molecule has 1 atom stereocenters. The minimum Gasteiger partial charge on any atom is -0.375 e. The summed E-state index contributed by atoms with van der Waals surface area (Å²) in [6.07, 6.45) is 0. The summed E-state index contributed by atoms with van der Waals surface area (Å²) < 4.78 is 5.60. The third-order valence-electron chi connectivity index (χ3n) is 2.89. The van der Waals surface area contributed by atoms with E-state index in [1.54, 1.807) is 12.1 Å². The van der Waals surface area contributed by atoms with Crippen molar-refractivity contribution in [2.24, 2.45) is 0 Å². The van der Waals surface area contributed by atoms with Crippen LogP contribution >= 0.6 is 0 Å². The van der Waals surface area contributed by atoms with Crippen molar-refractivity contribution < 1.29 is 9.53 Å². The molecule has 2 rings (SSSR count). The average Bonchev–Trinajstić information content (AvgIpc) is 2.49. The van der Waals surface area contributed by atoms with Gasteiger partial charge in [-0.05, 0) is 24.6 Å². The Morgan fingerprint density at radius 1 is 1.05 bits per heavy atom. The van der Waals surface area contributed by atoms with Crippen LogP contribution in [-0.2, 0) is 11.3 Å². The van der Waals surface area contributed by atoms with Crippen LogP contribution in [0.2, 0.25) is 0 Å². The van der Waals surface area contributed by atoms with Crippen LogP contribution in [0.4, 0.5) is 0 Å². The third-order valence-corrected chi connectivity index (χ3v) is 2.89. The van der Waals surface area contributed by atoms with E-state index in [1.807, 2.05) is 55.5 Å². The number of nitrogens with one attached hydrogen (secondary N) is 1. The highest BCUT2D eigenvalue weighted by molar-refractivity contribution is 5.94. The molecule has 0 saturated heterocycles. The van der Waals surface area contributed by atoms with E-state index in [1.165, 1.54) is 0 Å². The summed E-state index contributed by atoms with van der Waals surface area (Å²) in [7, 11) is 0. The molecule has 0 bridgehead atoms. The van der Waals surface area contributed by atoms with Crippen LogP contribution < -0.4 is 5.32 Å². The van der Waals surface area contributed by atoms with E-state index >= 15 is 0 Å². The zero-order valence-electron chi connectivity index (χ0n) is 11.6. The van der Waals surface area contributed by atoms with E-state index in [2.05, 4.69) is 5.32 Å². The Bertz CT molecular complexity index is 525. The Balaban J connectivity index is 1.73. The van der Waals surface area contributed by atoms with Gasteiger partial charge in [-0.1, -0.05) is 48.5 Å². The summed E-state index contributed by atoms with van der Waals surface area (Å²) in [6, 6.07) is 19.2. The molecule has 104 valence electrons. The van der Waals surface area contributed by atoms with E-state index in [0.717, 1.165) is 5.56 Å². The molecule has 0 heterocycles. The molecule has 0 fully saturated rings. The minimum absolute atomic E-state index is 0.0218. The van der Waals surface area contributed by atoms with Gasteiger partial charge in [0.1, 0.15) is 0 Å². The molecule has 1 unspecified atom stereocenters. The molecule has 0 aliphatic rings. The number of amides is 1. The number of ether oxygens (including phenoxy) is 1. The van der Waals surface area contributed by atoms with E-state index in [9.17, 15) is 4.79 Å². The smallest absolute Gasteiger partial charge is 0.251 e. The monoisotopic (exact) mass is 269 g/mol. The summed E-state index contributed by atoms with van der Waals surface area (Å²) in [6.45, 7) is 2.99. The van der Waals surface area contributed by atoms with Crippen molar-refractivity contribution >= 4 is 5.91 Å². The average molecular weight is 269 g/mol. The fourth-order valence-corrected chi connectivity index (χ4v) is 1.87. The zero-order valence-corrected chi connectivity index (χ0v) is 11.6. The zero-order chi connectivity index (χ0) is 14.2. The Morgan fingerprint density at radius 2 is 1.65 bits per heavy atom. The second-order valence-corrected chi connectivity index (χ2v) is 4.74. The highest BCUT2D eigenvalue weighted by atomic mass is 16.5. The first-order valence-electron chi connectivity index (χ1n) is 6.73. The van der Waals surface area contributed by atoms with Gasteiger partial charge in [0.05, 0.1) is 13.2 Å². The first kappa shape index (κ1) is 14.3. The molecule has 0 aliphatic heterocycles. The van der Waals surface area contributed by atoms with Crippen LogP contribution in [0.25, 0.3) is 0 Å². The molecular weight excluding hydrogens is 250 g/mol. The lowest BCUT2D eigenvalue weighted by atomic mass is 10.2. The first-order chi connectivity index (χ1) is 9.75. The van der Waals surface area contributed by atoms with Crippen LogP contribution in [-0.4, -0.2) is 18.6 Å². The summed E-state index contributed by atoms with van der Waals surface area (Å²) in [5, 5.41) is 2.92. The highest BCUT2D eigenvalue weighted by Gasteiger charge is 2.09. The molecule has 2 aromatic rings. The van der Waals surface area contributed by atoms with Gasteiger partial charge >= 0.3 is 0 Å². The SMILES string of the molecule is CC(COCc1ccccc1)NC(=O)c1ccccc1. The van der Waals surface area contributed by atoms with E-state index in [4.69, 9.17) is 4.74 Å². The molecule has 0 radical (unpaired) electrons. The van der Waals surface area contributed by atoms with Crippen molar-refractivity contribution in [2.75, 3.05) is 6.61 Å². The van der Waals surface area contributed by atoms with E-state index in [-0.39, 0.29) is 11.9 Å². The lowest BCUT2D eigenvalue weighted by molar-refractivity contribution is 0.0820. The van der Waals surface area contributed by atoms with Gasteiger partial charge in [0.2, 0.25) is 0 Å². The molecular formula is C17H19NO2. The van der Waals surface area contributed by atoms with Crippen molar-refractivity contribution in [1.29, 1.82) is 0 Å². The predicted molar refractivity (Wildman–Crippen MR) is 79.5 cm³/mol. The van der Waals surface area contributed by atoms with Crippen LogP contribution in [0.15, 0.2) is 60.7 Å². The van der Waals surface area contributed by atoms with Crippen molar-refractivity contribution in [2.45, 2.75) is 19.6 Å². The van der Waals surface area contributed by atoms with Gasteiger partial charge in [-0.2, -0.15) is 0 Å². The minimum atomic E-state index is -0.0681. The summed E-state index contributed by atoms with van der Waals surface area (Å²) in [4.78, 5) is 11.9. The summed E-state index contributed by atoms with van der Waals surface area (Å²) >= 11 is 0. The molecule has 0 saturated carbocycles. The number of rotatable bonds is 6. The van der Waals surface area contributed by atoms with Gasteiger partial charge in [-0.25, -0.2) is 0 Å². The predicted octanol–water partition coefficient (Wildman–Crippen LogP) is 3.02. The van der Waals surface area contributed by atoms with Crippen LogP contribution in [0, 0.1) is 0 Å². The maximum atomic E-state index is 11.9. The number of benzene rings is 2. The lowest BCUT2D eigenvalue weighted by Gasteiger charge is -2.14. The number of carbonyl (C=O) groups is 1. The highest BCUT2D eigenvalue weighted by Crippen LogP contribution is 2.02. The maximum Gasteiger partial charge on any atom is 0.251 e. The van der Waals surface area contributed by atoms with Crippen molar-refractivity contribution in [3.63, 3.8) is 0 Å². The number of hydrogen-bond acceptors (Lipinski definition) is 2. The van der Waals surface area contributed by atoms with Gasteiger partial charge in [-0.3, -0.25) is 4.79 Å². The van der Waals surface area contributed by atoms with Crippen LogP contribution in [0.1, 0.15) is 22.8 Å². The number of carbonyl (C=O) groups excluding carboxylic acids is 1. The summed E-state index contributed by atoms with van der Waals surface area (Å²) in [5.74, 6) is -0.0681. The van der Waals surface area contributed by atoms with E-state index in [0.29, 0.717) is 18.8 Å². The van der Waals surface area contributed by atoms with Gasteiger partial charge in [0.25, 0.3) is 5.91 Å². The fourth-order valence-electron chi connectivity index (χ4n) is 1.87. The first-order valence-corrected chi connectivity index (χ1v) is 6.73. The Morgan fingerprint density at radius 3 is 2.30 bits per heavy atom. The van der Waals surface area contributed by atoms with Crippen molar-refractivity contribution in [3.05, 3.63) is 71.8 Å². The molecule has 3 nitrogen and oxygen atoms in total. The molecule has 20 heavy (non-hydrogen) atoms. The quantitative estimate of drug-likeness (QED) is 0.875. The molecule has 3 heteroatoms. The normalized spacial score (nSPS) is 11.8. The van der Waals surface area contributed by atoms with Crippen molar-refractivity contribution in [3.8, 4) is 0 Å². The van der Waals surface area contributed by atoms with Gasteiger partial charge in [0, 0.05) is 11.6 Å². The fraction of sp³-hybridized carbons (Fsp3) is 0.235. The molecule has 0 spiro atoms.